The number of nitrogens with zero attached hydrogens (tertiary/aromatic N) is 4. The number of hydrogen-bond acceptors (Lipinski definition) is 3. The molecule has 6 heteroatoms. The van der Waals surface area contributed by atoms with Crippen LogP contribution in [0.3, 0.4) is 0 Å². The number of aryl methyl sites for hydroxylation is 2. The summed E-state index contributed by atoms with van der Waals surface area (Å²) >= 11 is 0. The van der Waals surface area contributed by atoms with Crippen LogP contribution in [0, 0.1) is 0 Å². The van der Waals surface area contributed by atoms with E-state index in [0.717, 1.165) is 40.6 Å². The highest BCUT2D eigenvalue weighted by molar-refractivity contribution is 5.82. The van der Waals surface area contributed by atoms with Crippen LogP contribution >= 0.6 is 0 Å². The van der Waals surface area contributed by atoms with Crippen molar-refractivity contribution in [2.24, 2.45) is 7.05 Å². The highest BCUT2D eigenvalue weighted by Gasteiger charge is 2.09. The number of nitrogens with one attached hydrogen (secondary N) is 1. The number of hydrogen-bond donors (Lipinski definition) is 1. The molecule has 2 aromatic heterocycles. The lowest BCUT2D eigenvalue weighted by Gasteiger charge is -2.07. The standard InChI is InChI=1S/C20H21N5O/c1-24-18-10-5-3-8-16(18)23-19(24)11-6-12-21-20(26)14-25-17-9-4-2-7-15(17)13-22-25/h2-5,7-10,13H,6,11-12,14H2,1H3,(H,21,26). The van der Waals surface area contributed by atoms with Gasteiger partial charge in [0.2, 0.25) is 5.91 Å². The summed E-state index contributed by atoms with van der Waals surface area (Å²) in [5, 5.41) is 8.31. The summed E-state index contributed by atoms with van der Waals surface area (Å²) in [6.45, 7) is 0.862. The van der Waals surface area contributed by atoms with Crippen molar-refractivity contribution in [2.75, 3.05) is 6.54 Å². The van der Waals surface area contributed by atoms with Gasteiger partial charge in [0.25, 0.3) is 0 Å². The Bertz CT molecular complexity index is 1060. The number of carbonyl (C=O) groups excluding carboxylic acids is 1. The van der Waals surface area contributed by atoms with E-state index in [1.165, 1.54) is 0 Å². The number of amides is 1. The molecule has 132 valence electrons. The Labute approximate surface area is 151 Å². The summed E-state index contributed by atoms with van der Waals surface area (Å²) in [6, 6.07) is 16.0. The fraction of sp³-hybridized carbons (Fsp3) is 0.250. The molecule has 0 unspecified atom stereocenters. The van der Waals surface area contributed by atoms with E-state index in [2.05, 4.69) is 26.0 Å². The van der Waals surface area contributed by atoms with Gasteiger partial charge in [-0.25, -0.2) is 4.98 Å². The zero-order chi connectivity index (χ0) is 17.9. The first-order valence-electron chi connectivity index (χ1n) is 8.80. The van der Waals surface area contributed by atoms with Gasteiger partial charge in [0, 0.05) is 25.4 Å². The van der Waals surface area contributed by atoms with Gasteiger partial charge in [-0.15, -0.1) is 0 Å². The SMILES string of the molecule is Cn1c(CCCNC(=O)Cn2ncc3ccccc32)nc2ccccc21. The molecule has 0 spiro atoms. The largest absolute Gasteiger partial charge is 0.354 e. The van der Waals surface area contributed by atoms with Crippen LogP contribution in [0.1, 0.15) is 12.2 Å². The van der Waals surface area contributed by atoms with Crippen LogP contribution in [-0.4, -0.2) is 31.8 Å². The Morgan fingerprint density at radius 3 is 2.69 bits per heavy atom. The average molecular weight is 347 g/mol. The lowest BCUT2D eigenvalue weighted by atomic mass is 10.2. The number of para-hydroxylation sites is 3. The van der Waals surface area contributed by atoms with E-state index in [-0.39, 0.29) is 12.5 Å². The highest BCUT2D eigenvalue weighted by Crippen LogP contribution is 2.15. The Morgan fingerprint density at radius 2 is 1.85 bits per heavy atom. The van der Waals surface area contributed by atoms with Gasteiger partial charge in [-0.1, -0.05) is 30.3 Å². The summed E-state index contributed by atoms with van der Waals surface area (Å²) in [5.74, 6) is 1.02. The van der Waals surface area contributed by atoms with E-state index in [4.69, 9.17) is 0 Å². The number of carbonyl (C=O) groups is 1. The summed E-state index contributed by atoms with van der Waals surface area (Å²) < 4.78 is 3.85. The lowest BCUT2D eigenvalue weighted by Crippen LogP contribution is -2.29. The van der Waals surface area contributed by atoms with E-state index in [1.807, 2.05) is 49.5 Å². The molecule has 2 heterocycles. The van der Waals surface area contributed by atoms with Crippen LogP contribution in [0.4, 0.5) is 0 Å². The Hall–Kier alpha value is -3.15. The van der Waals surface area contributed by atoms with E-state index in [9.17, 15) is 4.79 Å². The molecule has 0 saturated heterocycles. The third kappa shape index (κ3) is 3.18. The third-order valence-electron chi connectivity index (χ3n) is 4.62. The molecule has 0 aliphatic carbocycles. The van der Waals surface area contributed by atoms with Crippen molar-refractivity contribution in [3.8, 4) is 0 Å². The fourth-order valence-electron chi connectivity index (χ4n) is 3.24. The topological polar surface area (TPSA) is 64.7 Å². The monoisotopic (exact) mass is 347 g/mol. The zero-order valence-corrected chi connectivity index (χ0v) is 14.7. The molecule has 0 radical (unpaired) electrons. The molecule has 0 aliphatic heterocycles. The Balaban J connectivity index is 1.30. The summed E-state index contributed by atoms with van der Waals surface area (Å²) in [6.07, 6.45) is 3.47. The Morgan fingerprint density at radius 1 is 1.08 bits per heavy atom. The molecule has 0 saturated carbocycles. The summed E-state index contributed by atoms with van der Waals surface area (Å²) in [7, 11) is 2.03. The van der Waals surface area contributed by atoms with Crippen molar-refractivity contribution >= 4 is 27.8 Å². The smallest absolute Gasteiger partial charge is 0.241 e. The maximum Gasteiger partial charge on any atom is 0.241 e. The second-order valence-corrected chi connectivity index (χ2v) is 6.39. The van der Waals surface area contributed by atoms with Crippen molar-refractivity contribution in [3.63, 3.8) is 0 Å². The number of aromatic nitrogens is 4. The van der Waals surface area contributed by atoms with Crippen molar-refractivity contribution in [2.45, 2.75) is 19.4 Å². The van der Waals surface area contributed by atoms with Crippen molar-refractivity contribution in [3.05, 3.63) is 60.6 Å². The van der Waals surface area contributed by atoms with Crippen molar-refractivity contribution < 1.29 is 4.79 Å². The average Bonchev–Trinajstić information content (AvgIpc) is 3.21. The van der Waals surface area contributed by atoms with Crippen molar-refractivity contribution in [1.82, 2.24) is 24.6 Å². The molecule has 4 aromatic rings. The van der Waals surface area contributed by atoms with Gasteiger partial charge >= 0.3 is 0 Å². The molecule has 4 rings (SSSR count). The van der Waals surface area contributed by atoms with Gasteiger partial charge in [-0.3, -0.25) is 9.48 Å². The number of benzene rings is 2. The van der Waals surface area contributed by atoms with Crippen LogP contribution in [0.2, 0.25) is 0 Å². The second kappa shape index (κ2) is 7.00. The molecule has 26 heavy (non-hydrogen) atoms. The van der Waals surface area contributed by atoms with E-state index in [0.29, 0.717) is 6.54 Å². The van der Waals surface area contributed by atoms with Crippen LogP contribution in [-0.2, 0) is 24.8 Å². The molecule has 2 aromatic carbocycles. The molecular formula is C20H21N5O. The number of rotatable bonds is 6. The molecule has 1 amide bonds. The molecular weight excluding hydrogens is 326 g/mol. The lowest BCUT2D eigenvalue weighted by molar-refractivity contribution is -0.121. The minimum atomic E-state index is -0.0242. The van der Waals surface area contributed by atoms with E-state index in [1.54, 1.807) is 10.9 Å². The molecule has 1 N–H and O–H groups in total. The molecule has 0 bridgehead atoms. The van der Waals surface area contributed by atoms with Crippen LogP contribution in [0.5, 0.6) is 0 Å². The molecule has 0 atom stereocenters. The van der Waals surface area contributed by atoms with Gasteiger partial charge in [-0.05, 0) is 24.6 Å². The van der Waals surface area contributed by atoms with Crippen LogP contribution < -0.4 is 5.32 Å². The third-order valence-corrected chi connectivity index (χ3v) is 4.62. The van der Waals surface area contributed by atoms with Gasteiger partial charge in [0.1, 0.15) is 12.4 Å². The zero-order valence-electron chi connectivity index (χ0n) is 14.7. The Kier molecular flexibility index (Phi) is 4.39. The number of imidazole rings is 1. The molecule has 0 aliphatic rings. The normalized spacial score (nSPS) is 11.3. The molecule has 0 fully saturated rings. The fourth-order valence-corrected chi connectivity index (χ4v) is 3.24. The van der Waals surface area contributed by atoms with Gasteiger partial charge in [0.05, 0.1) is 22.7 Å². The van der Waals surface area contributed by atoms with Crippen LogP contribution in [0.25, 0.3) is 21.9 Å². The second-order valence-electron chi connectivity index (χ2n) is 6.39. The minimum absolute atomic E-state index is 0.0242. The highest BCUT2D eigenvalue weighted by atomic mass is 16.2. The van der Waals surface area contributed by atoms with Gasteiger partial charge < -0.3 is 9.88 Å². The van der Waals surface area contributed by atoms with E-state index >= 15 is 0 Å². The maximum absolute atomic E-state index is 12.2. The van der Waals surface area contributed by atoms with Gasteiger partial charge in [-0.2, -0.15) is 5.10 Å². The minimum Gasteiger partial charge on any atom is -0.354 e. The maximum atomic E-state index is 12.2. The predicted molar refractivity (Wildman–Crippen MR) is 102 cm³/mol. The molecule has 6 nitrogen and oxygen atoms in total. The quantitative estimate of drug-likeness (QED) is 0.545. The van der Waals surface area contributed by atoms with E-state index < -0.39 is 0 Å². The first-order valence-corrected chi connectivity index (χ1v) is 8.80. The summed E-state index contributed by atoms with van der Waals surface area (Å²) in [5.41, 5.74) is 3.12. The number of fused-ring (bicyclic) bond motifs is 2. The van der Waals surface area contributed by atoms with Gasteiger partial charge in [0.15, 0.2) is 0 Å². The van der Waals surface area contributed by atoms with Crippen LogP contribution in [0.15, 0.2) is 54.7 Å². The summed E-state index contributed by atoms with van der Waals surface area (Å²) in [4.78, 5) is 16.8. The predicted octanol–water partition coefficient (Wildman–Crippen LogP) is 2.67. The first kappa shape index (κ1) is 16.3. The first-order chi connectivity index (χ1) is 12.7. The van der Waals surface area contributed by atoms with Crippen molar-refractivity contribution in [1.29, 1.82) is 0 Å².